The van der Waals surface area contributed by atoms with Gasteiger partial charge in [-0.1, -0.05) is 0 Å². The van der Waals surface area contributed by atoms with Crippen LogP contribution in [0.15, 0.2) is 34.9 Å². The van der Waals surface area contributed by atoms with Crippen molar-refractivity contribution in [3.63, 3.8) is 0 Å². The number of ether oxygens (including phenoxy) is 3. The standard InChI is InChI=1S/C12H11O4/c1-13-9-3-4-11(14-2)12(7-9)16-10-5-6-15-8-10/h3-5,7-8H,1-2H3. The lowest BCUT2D eigenvalue weighted by molar-refractivity contribution is 0.369. The highest BCUT2D eigenvalue weighted by Gasteiger charge is 2.08. The van der Waals surface area contributed by atoms with Crippen molar-refractivity contribution < 1.29 is 18.6 Å². The molecule has 0 aliphatic heterocycles. The van der Waals surface area contributed by atoms with E-state index in [0.29, 0.717) is 23.0 Å². The van der Waals surface area contributed by atoms with Gasteiger partial charge in [0.05, 0.1) is 14.2 Å². The molecule has 1 radical (unpaired) electrons. The zero-order chi connectivity index (χ0) is 11.4. The van der Waals surface area contributed by atoms with Crippen molar-refractivity contribution >= 4 is 0 Å². The summed E-state index contributed by atoms with van der Waals surface area (Å²) < 4.78 is 20.6. The Labute approximate surface area is 93.4 Å². The van der Waals surface area contributed by atoms with Crippen LogP contribution < -0.4 is 14.2 Å². The Morgan fingerprint density at radius 1 is 1.06 bits per heavy atom. The molecule has 1 heterocycles. The number of hydrogen-bond acceptors (Lipinski definition) is 4. The van der Waals surface area contributed by atoms with E-state index in [1.54, 1.807) is 38.5 Å². The fourth-order valence-corrected chi connectivity index (χ4v) is 1.26. The van der Waals surface area contributed by atoms with E-state index in [9.17, 15) is 0 Å². The molecule has 0 aliphatic carbocycles. The normalized spacial score (nSPS) is 9.88. The molecule has 0 amide bonds. The van der Waals surface area contributed by atoms with Crippen LogP contribution >= 0.6 is 0 Å². The lowest BCUT2D eigenvalue weighted by atomic mass is 10.3. The molecule has 83 valence electrons. The first-order chi connectivity index (χ1) is 7.83. The molecule has 0 spiro atoms. The summed E-state index contributed by atoms with van der Waals surface area (Å²) in [5, 5.41) is 0. The Hall–Kier alpha value is -2.10. The van der Waals surface area contributed by atoms with E-state index in [-0.39, 0.29) is 0 Å². The number of benzene rings is 1. The van der Waals surface area contributed by atoms with Crippen molar-refractivity contribution in [2.24, 2.45) is 0 Å². The molecule has 4 nitrogen and oxygen atoms in total. The highest BCUT2D eigenvalue weighted by molar-refractivity contribution is 5.47. The minimum absolute atomic E-state index is 0.562. The zero-order valence-corrected chi connectivity index (χ0v) is 9.02. The maximum Gasteiger partial charge on any atom is 0.173 e. The van der Waals surface area contributed by atoms with Crippen LogP contribution in [0.4, 0.5) is 0 Å². The number of hydrogen-bond donors (Lipinski definition) is 0. The predicted molar refractivity (Wildman–Crippen MR) is 57.2 cm³/mol. The SMILES string of the molecule is COc1ccc(OC)c(Oc2c[c]oc2)c1. The Morgan fingerprint density at radius 3 is 2.56 bits per heavy atom. The molecule has 1 aromatic heterocycles. The van der Waals surface area contributed by atoms with Gasteiger partial charge in [0.2, 0.25) is 0 Å². The Bertz CT molecular complexity index is 448. The highest BCUT2D eigenvalue weighted by Crippen LogP contribution is 2.34. The summed E-state index contributed by atoms with van der Waals surface area (Å²) in [4.78, 5) is 0. The monoisotopic (exact) mass is 219 g/mol. The summed E-state index contributed by atoms with van der Waals surface area (Å²) in [6.45, 7) is 0. The molecule has 0 unspecified atom stereocenters. The average molecular weight is 219 g/mol. The molecular formula is C12H11O4. The van der Waals surface area contributed by atoms with E-state index in [1.807, 2.05) is 0 Å². The van der Waals surface area contributed by atoms with Crippen LogP contribution in [0.5, 0.6) is 23.0 Å². The maximum atomic E-state index is 5.55. The van der Waals surface area contributed by atoms with Crippen molar-refractivity contribution in [1.82, 2.24) is 0 Å². The summed E-state index contributed by atoms with van der Waals surface area (Å²) in [5.41, 5.74) is 0. The molecule has 0 saturated heterocycles. The topological polar surface area (TPSA) is 40.8 Å². The minimum atomic E-state index is 0.562. The van der Waals surface area contributed by atoms with E-state index in [0.717, 1.165) is 0 Å². The summed E-state index contributed by atoms with van der Waals surface area (Å²) >= 11 is 0. The van der Waals surface area contributed by atoms with Crippen LogP contribution in [-0.4, -0.2) is 14.2 Å². The van der Waals surface area contributed by atoms with Gasteiger partial charge in [0, 0.05) is 12.1 Å². The van der Waals surface area contributed by atoms with Crippen LogP contribution in [0.2, 0.25) is 0 Å². The van der Waals surface area contributed by atoms with Crippen molar-refractivity contribution in [2.75, 3.05) is 14.2 Å². The molecule has 0 N–H and O–H groups in total. The van der Waals surface area contributed by atoms with Gasteiger partial charge in [-0.05, 0) is 12.1 Å². The van der Waals surface area contributed by atoms with Gasteiger partial charge in [0.1, 0.15) is 12.0 Å². The van der Waals surface area contributed by atoms with Crippen LogP contribution in [0.25, 0.3) is 0 Å². The lowest BCUT2D eigenvalue weighted by Crippen LogP contribution is -1.91. The zero-order valence-electron chi connectivity index (χ0n) is 9.02. The molecule has 0 fully saturated rings. The average Bonchev–Trinajstić information content (AvgIpc) is 2.82. The second-order valence-corrected chi connectivity index (χ2v) is 3.02. The molecular weight excluding hydrogens is 208 g/mol. The minimum Gasteiger partial charge on any atom is -0.497 e. The van der Waals surface area contributed by atoms with E-state index in [1.165, 1.54) is 6.26 Å². The third-order valence-electron chi connectivity index (χ3n) is 2.04. The first-order valence-electron chi connectivity index (χ1n) is 4.68. The Morgan fingerprint density at radius 2 is 1.94 bits per heavy atom. The van der Waals surface area contributed by atoms with Crippen molar-refractivity contribution in [3.8, 4) is 23.0 Å². The Kier molecular flexibility index (Phi) is 3.00. The summed E-state index contributed by atoms with van der Waals surface area (Å²) in [5.74, 6) is 2.45. The highest BCUT2D eigenvalue weighted by atomic mass is 16.5. The molecule has 4 heteroatoms. The predicted octanol–water partition coefficient (Wildman–Crippen LogP) is 2.89. The number of furan rings is 1. The number of rotatable bonds is 4. The molecule has 0 saturated carbocycles. The molecule has 0 bridgehead atoms. The molecule has 16 heavy (non-hydrogen) atoms. The molecule has 1 aromatic carbocycles. The largest absolute Gasteiger partial charge is 0.497 e. The maximum absolute atomic E-state index is 5.55. The van der Waals surface area contributed by atoms with Crippen LogP contribution in [-0.2, 0) is 0 Å². The molecule has 0 atom stereocenters. The van der Waals surface area contributed by atoms with Gasteiger partial charge >= 0.3 is 0 Å². The van der Waals surface area contributed by atoms with Gasteiger partial charge in [-0.2, -0.15) is 0 Å². The van der Waals surface area contributed by atoms with Crippen molar-refractivity contribution in [2.45, 2.75) is 0 Å². The van der Waals surface area contributed by atoms with Crippen LogP contribution in [0.1, 0.15) is 0 Å². The van der Waals surface area contributed by atoms with Gasteiger partial charge in [-0.25, -0.2) is 0 Å². The Balaban J connectivity index is 2.30. The van der Waals surface area contributed by atoms with Crippen molar-refractivity contribution in [3.05, 3.63) is 36.8 Å². The summed E-state index contributed by atoms with van der Waals surface area (Å²) in [7, 11) is 3.17. The van der Waals surface area contributed by atoms with Gasteiger partial charge in [-0.3, -0.25) is 0 Å². The molecule has 2 aromatic rings. The smallest absolute Gasteiger partial charge is 0.173 e. The fourth-order valence-electron chi connectivity index (χ4n) is 1.26. The second-order valence-electron chi connectivity index (χ2n) is 3.02. The van der Waals surface area contributed by atoms with Gasteiger partial charge in [0.25, 0.3) is 0 Å². The first-order valence-corrected chi connectivity index (χ1v) is 4.68. The second kappa shape index (κ2) is 4.61. The lowest BCUT2D eigenvalue weighted by Gasteiger charge is -2.10. The van der Waals surface area contributed by atoms with Gasteiger partial charge in [-0.15, -0.1) is 0 Å². The van der Waals surface area contributed by atoms with Crippen LogP contribution in [0, 0.1) is 6.26 Å². The fraction of sp³-hybridized carbons (Fsp3) is 0.167. The molecule has 0 aliphatic rings. The third kappa shape index (κ3) is 2.11. The first kappa shape index (κ1) is 10.4. The van der Waals surface area contributed by atoms with E-state index in [2.05, 4.69) is 6.26 Å². The summed E-state index contributed by atoms with van der Waals surface area (Å²) in [6, 6.07) is 6.91. The van der Waals surface area contributed by atoms with E-state index < -0.39 is 0 Å². The van der Waals surface area contributed by atoms with Crippen molar-refractivity contribution in [1.29, 1.82) is 0 Å². The van der Waals surface area contributed by atoms with Gasteiger partial charge in [0.15, 0.2) is 23.5 Å². The van der Waals surface area contributed by atoms with Gasteiger partial charge < -0.3 is 18.6 Å². The molecule has 2 rings (SSSR count). The van der Waals surface area contributed by atoms with Crippen LogP contribution in [0.3, 0.4) is 0 Å². The van der Waals surface area contributed by atoms with E-state index in [4.69, 9.17) is 18.6 Å². The van der Waals surface area contributed by atoms with E-state index >= 15 is 0 Å². The third-order valence-corrected chi connectivity index (χ3v) is 2.04. The quantitative estimate of drug-likeness (QED) is 0.792. The number of methoxy groups -OCH3 is 2. The summed E-state index contributed by atoms with van der Waals surface area (Å²) in [6.07, 6.45) is 4.00.